The summed E-state index contributed by atoms with van der Waals surface area (Å²) in [5.74, 6) is -0.520. The van der Waals surface area contributed by atoms with Crippen molar-refractivity contribution in [2.45, 2.75) is 0 Å². The number of rotatable bonds is 6. The van der Waals surface area contributed by atoms with Gasteiger partial charge < -0.3 is 20.1 Å². The number of nitrogens with one attached hydrogen (secondary N) is 1. The second-order valence-corrected chi connectivity index (χ2v) is 5.60. The van der Waals surface area contributed by atoms with E-state index in [0.717, 1.165) is 0 Å². The first-order valence-corrected chi connectivity index (χ1v) is 7.86. The van der Waals surface area contributed by atoms with E-state index < -0.39 is 5.97 Å². The van der Waals surface area contributed by atoms with E-state index in [4.69, 9.17) is 9.84 Å². The summed E-state index contributed by atoms with van der Waals surface area (Å²) in [6.45, 7) is 0.0230. The predicted molar refractivity (Wildman–Crippen MR) is 90.6 cm³/mol. The number of ether oxygens (including phenoxy) is 1. The summed E-state index contributed by atoms with van der Waals surface area (Å²) < 4.78 is 4.76. The summed E-state index contributed by atoms with van der Waals surface area (Å²) in [6.07, 6.45) is 0. The molecule has 1 aromatic heterocycles. The highest BCUT2D eigenvalue weighted by molar-refractivity contribution is 6.08. The van der Waals surface area contributed by atoms with Gasteiger partial charge in [-0.25, -0.2) is 4.79 Å². The van der Waals surface area contributed by atoms with Crippen LogP contribution in [0.5, 0.6) is 0 Å². The van der Waals surface area contributed by atoms with Crippen LogP contribution in [-0.4, -0.2) is 68.9 Å². The molecule has 26 heavy (non-hydrogen) atoms. The maximum Gasteiger partial charge on any atom is 0.337 e. The van der Waals surface area contributed by atoms with Gasteiger partial charge in [-0.05, 0) is 17.3 Å². The van der Waals surface area contributed by atoms with Crippen LogP contribution in [0.15, 0.2) is 35.5 Å². The molecule has 0 spiro atoms. The third kappa shape index (κ3) is 3.40. The van der Waals surface area contributed by atoms with Crippen molar-refractivity contribution >= 4 is 17.6 Å². The van der Waals surface area contributed by atoms with Gasteiger partial charge in [0.1, 0.15) is 5.70 Å². The molecule has 0 saturated heterocycles. The number of anilines is 1. The zero-order valence-electron chi connectivity index (χ0n) is 14.3. The number of benzene rings is 1. The molecule has 0 bridgehead atoms. The van der Waals surface area contributed by atoms with E-state index in [1.165, 1.54) is 16.8 Å². The molecule has 0 unspecified atom stereocenters. The second-order valence-electron chi connectivity index (χ2n) is 5.60. The Morgan fingerprint density at radius 1 is 1.42 bits per heavy atom. The van der Waals surface area contributed by atoms with Gasteiger partial charge in [-0.2, -0.15) is 4.80 Å². The molecule has 10 heteroatoms. The quantitative estimate of drug-likeness (QED) is 0.666. The van der Waals surface area contributed by atoms with Crippen molar-refractivity contribution in [2.24, 2.45) is 7.05 Å². The van der Waals surface area contributed by atoms with Gasteiger partial charge in [0.25, 0.3) is 5.91 Å². The van der Waals surface area contributed by atoms with Crippen LogP contribution < -0.4 is 5.32 Å². The van der Waals surface area contributed by atoms with Gasteiger partial charge in [-0.1, -0.05) is 12.1 Å². The number of aliphatic hydroxyl groups is 1. The summed E-state index contributed by atoms with van der Waals surface area (Å²) in [6, 6.07) is 7.09. The molecule has 0 fully saturated rings. The highest BCUT2D eigenvalue weighted by Gasteiger charge is 2.34. The number of carbonyl (C=O) groups excluding carboxylic acids is 2. The van der Waals surface area contributed by atoms with E-state index >= 15 is 0 Å². The van der Waals surface area contributed by atoms with Crippen molar-refractivity contribution in [3.8, 4) is 11.4 Å². The van der Waals surface area contributed by atoms with Crippen LogP contribution in [0.4, 0.5) is 5.69 Å². The number of aliphatic hydroxyl groups excluding tert-OH is 1. The molecule has 1 aliphatic rings. The van der Waals surface area contributed by atoms with E-state index in [1.54, 1.807) is 25.2 Å². The Bertz CT molecular complexity index is 875. The molecule has 3 rings (SSSR count). The monoisotopic (exact) mass is 358 g/mol. The molecule has 1 amide bonds. The lowest BCUT2D eigenvalue weighted by atomic mass is 10.1. The number of hydrogen-bond acceptors (Lipinski definition) is 8. The third-order valence-corrected chi connectivity index (χ3v) is 3.85. The fraction of sp³-hybridized carbons (Fsp3) is 0.312. The van der Waals surface area contributed by atoms with Gasteiger partial charge in [0.2, 0.25) is 5.82 Å². The van der Waals surface area contributed by atoms with Crippen LogP contribution in [0.25, 0.3) is 11.4 Å². The summed E-state index contributed by atoms with van der Waals surface area (Å²) in [5, 5.41) is 24.0. The number of methoxy groups -OCH3 is 1. The van der Waals surface area contributed by atoms with Crippen LogP contribution >= 0.6 is 0 Å². The fourth-order valence-corrected chi connectivity index (χ4v) is 2.63. The number of β-amino-alcohol motifs (C(OH)–C–C–N with tert-alkyl or cyclic N) is 1. The van der Waals surface area contributed by atoms with Gasteiger partial charge in [0.05, 0.1) is 32.9 Å². The largest absolute Gasteiger partial charge is 0.466 e. The number of nitrogens with zero attached hydrogens (tertiary/aromatic N) is 5. The topological polar surface area (TPSA) is 122 Å². The average molecular weight is 358 g/mol. The number of aryl methyl sites for hydroxylation is 1. The minimum absolute atomic E-state index is 0.0831. The molecule has 0 radical (unpaired) electrons. The zero-order chi connectivity index (χ0) is 18.7. The highest BCUT2D eigenvalue weighted by Crippen LogP contribution is 2.25. The lowest BCUT2D eigenvalue weighted by Gasteiger charge is -2.15. The standard InChI is InChI=1S/C16H18N6O4/c1-21-19-14(18-20-21)10-4-3-5-11(8-10)17-13-12(16(25)26-2)9-22(6-7-23)15(13)24/h3-5,8,17,23H,6-7,9H2,1-2H3. The normalized spacial score (nSPS) is 14.1. The summed E-state index contributed by atoms with van der Waals surface area (Å²) >= 11 is 0. The molecule has 136 valence electrons. The summed E-state index contributed by atoms with van der Waals surface area (Å²) in [5.41, 5.74) is 1.65. The fourth-order valence-electron chi connectivity index (χ4n) is 2.63. The first-order valence-electron chi connectivity index (χ1n) is 7.86. The molecule has 0 atom stereocenters. The predicted octanol–water partition coefficient (Wildman–Crippen LogP) is -0.449. The van der Waals surface area contributed by atoms with Crippen LogP contribution in [0.3, 0.4) is 0 Å². The van der Waals surface area contributed by atoms with Crippen molar-refractivity contribution in [1.82, 2.24) is 25.1 Å². The van der Waals surface area contributed by atoms with Gasteiger partial charge >= 0.3 is 5.97 Å². The van der Waals surface area contributed by atoms with Gasteiger partial charge in [0.15, 0.2) is 0 Å². The van der Waals surface area contributed by atoms with E-state index in [0.29, 0.717) is 17.1 Å². The molecule has 1 aromatic carbocycles. The molecule has 0 saturated carbocycles. The van der Waals surface area contributed by atoms with Gasteiger partial charge in [-0.15, -0.1) is 10.2 Å². The van der Waals surface area contributed by atoms with Crippen LogP contribution in [0.2, 0.25) is 0 Å². The van der Waals surface area contributed by atoms with E-state index in [2.05, 4.69) is 20.7 Å². The minimum Gasteiger partial charge on any atom is -0.466 e. The summed E-state index contributed by atoms with van der Waals surface area (Å²) in [4.78, 5) is 27.3. The Hall–Kier alpha value is -3.27. The molecule has 2 N–H and O–H groups in total. The summed E-state index contributed by atoms with van der Waals surface area (Å²) in [7, 11) is 2.92. The SMILES string of the molecule is COC(=O)C1=C(Nc2cccc(-c3nnn(C)n3)c2)C(=O)N(CCO)C1. The molecular weight excluding hydrogens is 340 g/mol. The van der Waals surface area contributed by atoms with Crippen LogP contribution in [-0.2, 0) is 21.4 Å². The smallest absolute Gasteiger partial charge is 0.337 e. The number of tetrazole rings is 1. The van der Waals surface area contributed by atoms with Crippen molar-refractivity contribution < 1.29 is 19.4 Å². The molecule has 1 aliphatic heterocycles. The van der Waals surface area contributed by atoms with Crippen LogP contribution in [0, 0.1) is 0 Å². The van der Waals surface area contributed by atoms with Crippen molar-refractivity contribution in [3.63, 3.8) is 0 Å². The van der Waals surface area contributed by atoms with Gasteiger partial charge in [0, 0.05) is 17.8 Å². The third-order valence-electron chi connectivity index (χ3n) is 3.85. The lowest BCUT2D eigenvalue weighted by molar-refractivity contribution is -0.136. The Kier molecular flexibility index (Phi) is 4.94. The van der Waals surface area contributed by atoms with E-state index in [-0.39, 0.29) is 36.9 Å². The highest BCUT2D eigenvalue weighted by atomic mass is 16.5. The molecule has 2 aromatic rings. The number of amides is 1. The second kappa shape index (κ2) is 7.31. The number of hydrogen-bond donors (Lipinski definition) is 2. The number of carbonyl (C=O) groups is 2. The number of aromatic nitrogens is 4. The minimum atomic E-state index is -0.590. The lowest BCUT2D eigenvalue weighted by Crippen LogP contribution is -2.31. The maximum atomic E-state index is 12.5. The Balaban J connectivity index is 1.90. The molecule has 2 heterocycles. The van der Waals surface area contributed by atoms with Crippen molar-refractivity contribution in [2.75, 3.05) is 32.1 Å². The zero-order valence-corrected chi connectivity index (χ0v) is 14.3. The van der Waals surface area contributed by atoms with E-state index in [9.17, 15) is 9.59 Å². The average Bonchev–Trinajstić information content (AvgIpc) is 3.20. The first-order chi connectivity index (χ1) is 12.5. The van der Waals surface area contributed by atoms with Crippen molar-refractivity contribution in [3.05, 3.63) is 35.5 Å². The Morgan fingerprint density at radius 2 is 2.23 bits per heavy atom. The van der Waals surface area contributed by atoms with Gasteiger partial charge in [-0.3, -0.25) is 4.79 Å². The molecule has 10 nitrogen and oxygen atoms in total. The Labute approximate surface area is 149 Å². The maximum absolute atomic E-state index is 12.5. The Morgan fingerprint density at radius 3 is 2.88 bits per heavy atom. The van der Waals surface area contributed by atoms with Crippen molar-refractivity contribution in [1.29, 1.82) is 0 Å². The first kappa shape index (κ1) is 17.5. The molecule has 0 aliphatic carbocycles. The number of esters is 1. The molecular formula is C16H18N6O4. The van der Waals surface area contributed by atoms with E-state index in [1.807, 2.05) is 6.07 Å². The van der Waals surface area contributed by atoms with Crippen LogP contribution in [0.1, 0.15) is 0 Å².